The van der Waals surface area contributed by atoms with Gasteiger partial charge in [-0.25, -0.2) is 0 Å². The van der Waals surface area contributed by atoms with E-state index in [0.717, 1.165) is 6.42 Å². The number of rotatable bonds is 7. The Labute approximate surface area is 174 Å². The summed E-state index contributed by atoms with van der Waals surface area (Å²) in [7, 11) is 1.57. The smallest absolute Gasteiger partial charge is 0.274 e. The number of carbonyl (C=O) groups is 2. The highest BCUT2D eigenvalue weighted by molar-refractivity contribution is 5.97. The minimum atomic E-state index is -0.481. The van der Waals surface area contributed by atoms with Crippen LogP contribution < -0.4 is 15.4 Å². The Morgan fingerprint density at radius 3 is 2.60 bits per heavy atom. The molecule has 0 saturated carbocycles. The maximum atomic E-state index is 12.7. The number of nitrogens with one attached hydrogen (secondary N) is 2. The molecule has 1 atom stereocenters. The van der Waals surface area contributed by atoms with E-state index in [-0.39, 0.29) is 24.0 Å². The number of ether oxygens (including phenoxy) is 1. The molecule has 2 aromatic rings. The number of likely N-dealkylation sites (tertiary alicyclic amines) is 1. The molecule has 2 N–H and O–H groups in total. The fourth-order valence-corrected chi connectivity index (χ4v) is 3.54. The van der Waals surface area contributed by atoms with Crippen LogP contribution in [0.4, 0.5) is 17.1 Å². The molecule has 1 saturated heterocycles. The first kappa shape index (κ1) is 21.3. The number of carbonyl (C=O) groups excluding carboxylic acids is 2. The minimum Gasteiger partial charge on any atom is -0.497 e. The van der Waals surface area contributed by atoms with Crippen molar-refractivity contribution in [3.05, 3.63) is 58.1 Å². The number of hydrogen-bond donors (Lipinski definition) is 2. The number of nitro benzene ring substituents is 1. The summed E-state index contributed by atoms with van der Waals surface area (Å²) in [6.45, 7) is 2.25. The van der Waals surface area contributed by atoms with E-state index in [1.165, 1.54) is 12.1 Å². The van der Waals surface area contributed by atoms with Crippen LogP contribution in [-0.2, 0) is 9.59 Å². The lowest BCUT2D eigenvalue weighted by molar-refractivity contribution is -0.385. The van der Waals surface area contributed by atoms with Gasteiger partial charge >= 0.3 is 0 Å². The number of methoxy groups -OCH3 is 1. The Morgan fingerprint density at radius 1 is 1.20 bits per heavy atom. The van der Waals surface area contributed by atoms with Crippen LogP contribution in [0.3, 0.4) is 0 Å². The summed E-state index contributed by atoms with van der Waals surface area (Å²) in [6, 6.07) is 11.2. The maximum absolute atomic E-state index is 12.7. The molecule has 0 radical (unpaired) electrons. The molecular formula is C21H24N4O5. The van der Waals surface area contributed by atoms with Crippen LogP contribution >= 0.6 is 0 Å². The monoisotopic (exact) mass is 412 g/mol. The minimum absolute atomic E-state index is 0.0306. The summed E-state index contributed by atoms with van der Waals surface area (Å²) in [5.41, 5.74) is 1.40. The molecule has 1 unspecified atom stereocenters. The lowest BCUT2D eigenvalue weighted by atomic mass is 10.1. The Balaban J connectivity index is 1.61. The number of nitrogens with zero attached hydrogens (tertiary/aromatic N) is 2. The molecule has 0 spiro atoms. The molecule has 3 rings (SSSR count). The van der Waals surface area contributed by atoms with Gasteiger partial charge < -0.3 is 15.4 Å². The Morgan fingerprint density at radius 2 is 1.93 bits per heavy atom. The van der Waals surface area contributed by atoms with E-state index in [1.807, 2.05) is 4.90 Å². The van der Waals surface area contributed by atoms with Crippen LogP contribution in [0.15, 0.2) is 42.5 Å². The van der Waals surface area contributed by atoms with Crippen LogP contribution in [0.25, 0.3) is 0 Å². The zero-order chi connectivity index (χ0) is 21.7. The summed E-state index contributed by atoms with van der Waals surface area (Å²) in [6.07, 6.45) is 1.47. The molecule has 0 aliphatic carbocycles. The molecule has 0 bridgehead atoms. The van der Waals surface area contributed by atoms with E-state index in [9.17, 15) is 19.7 Å². The average molecular weight is 412 g/mol. The van der Waals surface area contributed by atoms with Gasteiger partial charge in [0, 0.05) is 11.8 Å². The number of benzene rings is 2. The highest BCUT2D eigenvalue weighted by atomic mass is 16.6. The predicted molar refractivity (Wildman–Crippen MR) is 113 cm³/mol. The van der Waals surface area contributed by atoms with Gasteiger partial charge in [0.25, 0.3) is 5.69 Å². The zero-order valence-electron chi connectivity index (χ0n) is 16.9. The molecule has 1 heterocycles. The maximum Gasteiger partial charge on any atom is 0.274 e. The van der Waals surface area contributed by atoms with Crippen molar-refractivity contribution in [3.8, 4) is 5.75 Å². The van der Waals surface area contributed by atoms with Crippen molar-refractivity contribution >= 4 is 28.9 Å². The van der Waals surface area contributed by atoms with Crippen molar-refractivity contribution in [1.29, 1.82) is 0 Å². The standard InChI is InChI=1S/C21H24N4O5/c1-14-17(5-3-6-18(14)25(28)29)23-20(26)13-24-12-4-7-19(24)21(27)22-15-8-10-16(30-2)11-9-15/h3,5-6,8-11,19H,4,7,12-13H2,1-2H3,(H,22,27)(H,23,26). The highest BCUT2D eigenvalue weighted by Crippen LogP contribution is 2.25. The van der Waals surface area contributed by atoms with Crippen LogP contribution in [0.5, 0.6) is 5.75 Å². The second kappa shape index (κ2) is 9.36. The second-order valence-corrected chi connectivity index (χ2v) is 7.10. The largest absolute Gasteiger partial charge is 0.497 e. The molecule has 1 aliphatic rings. The van der Waals surface area contributed by atoms with E-state index in [1.54, 1.807) is 44.4 Å². The summed E-state index contributed by atoms with van der Waals surface area (Å²) in [4.78, 5) is 37.6. The Hall–Kier alpha value is -3.46. The van der Waals surface area contributed by atoms with Crippen LogP contribution in [0.1, 0.15) is 18.4 Å². The highest BCUT2D eigenvalue weighted by Gasteiger charge is 2.32. The van der Waals surface area contributed by atoms with Gasteiger partial charge in [0.05, 0.1) is 35.9 Å². The number of hydrogen-bond acceptors (Lipinski definition) is 6. The molecule has 9 nitrogen and oxygen atoms in total. The SMILES string of the molecule is COc1ccc(NC(=O)C2CCCN2CC(=O)Nc2cccc([N+](=O)[O-])c2C)cc1. The normalized spacial score (nSPS) is 16.1. The predicted octanol–water partition coefficient (Wildman–Crippen LogP) is 2.95. The third kappa shape index (κ3) is 4.93. The van der Waals surface area contributed by atoms with Crippen molar-refractivity contribution in [1.82, 2.24) is 4.90 Å². The van der Waals surface area contributed by atoms with Crippen LogP contribution in [0.2, 0.25) is 0 Å². The van der Waals surface area contributed by atoms with Crippen molar-refractivity contribution < 1.29 is 19.2 Å². The van der Waals surface area contributed by atoms with Crippen LogP contribution in [0, 0.1) is 17.0 Å². The molecule has 0 aromatic heterocycles. The van der Waals surface area contributed by atoms with E-state index < -0.39 is 11.0 Å². The summed E-state index contributed by atoms with van der Waals surface area (Å²) in [5.74, 6) is 0.211. The van der Waals surface area contributed by atoms with Gasteiger partial charge in [-0.15, -0.1) is 0 Å². The first-order valence-corrected chi connectivity index (χ1v) is 9.62. The van der Waals surface area contributed by atoms with E-state index in [2.05, 4.69) is 10.6 Å². The molecule has 158 valence electrons. The molecule has 9 heteroatoms. The zero-order valence-corrected chi connectivity index (χ0v) is 16.9. The number of amides is 2. The molecule has 1 fully saturated rings. The molecular weight excluding hydrogens is 388 g/mol. The van der Waals surface area contributed by atoms with Gasteiger partial charge in [-0.2, -0.15) is 0 Å². The Kier molecular flexibility index (Phi) is 6.63. The second-order valence-electron chi connectivity index (χ2n) is 7.10. The van der Waals surface area contributed by atoms with E-state index >= 15 is 0 Å². The number of anilines is 2. The fraction of sp³-hybridized carbons (Fsp3) is 0.333. The van der Waals surface area contributed by atoms with E-state index in [4.69, 9.17) is 4.74 Å². The molecule has 30 heavy (non-hydrogen) atoms. The van der Waals surface area contributed by atoms with Crippen molar-refractivity contribution in [2.45, 2.75) is 25.8 Å². The molecule has 2 amide bonds. The topological polar surface area (TPSA) is 114 Å². The van der Waals surface area contributed by atoms with Gasteiger partial charge in [-0.3, -0.25) is 24.6 Å². The van der Waals surface area contributed by atoms with Crippen molar-refractivity contribution in [3.63, 3.8) is 0 Å². The first-order valence-electron chi connectivity index (χ1n) is 9.62. The lowest BCUT2D eigenvalue weighted by Crippen LogP contribution is -2.43. The summed E-state index contributed by atoms with van der Waals surface area (Å²) < 4.78 is 5.11. The van der Waals surface area contributed by atoms with E-state index in [0.29, 0.717) is 35.7 Å². The number of nitro groups is 1. The molecule has 2 aromatic carbocycles. The lowest BCUT2D eigenvalue weighted by Gasteiger charge is -2.23. The van der Waals surface area contributed by atoms with Gasteiger partial charge in [-0.05, 0) is 56.6 Å². The first-order chi connectivity index (χ1) is 14.4. The quantitative estimate of drug-likeness (QED) is 0.534. The fourth-order valence-electron chi connectivity index (χ4n) is 3.54. The van der Waals surface area contributed by atoms with Gasteiger partial charge in [-0.1, -0.05) is 6.07 Å². The van der Waals surface area contributed by atoms with Gasteiger partial charge in [0.2, 0.25) is 11.8 Å². The average Bonchev–Trinajstić information content (AvgIpc) is 3.18. The third-order valence-corrected chi connectivity index (χ3v) is 5.15. The van der Waals surface area contributed by atoms with Gasteiger partial charge in [0.1, 0.15) is 5.75 Å². The van der Waals surface area contributed by atoms with Gasteiger partial charge in [0.15, 0.2) is 0 Å². The third-order valence-electron chi connectivity index (χ3n) is 5.15. The van der Waals surface area contributed by atoms with Crippen LogP contribution in [-0.4, -0.2) is 47.9 Å². The van der Waals surface area contributed by atoms with Crippen molar-refractivity contribution in [2.75, 3.05) is 30.8 Å². The van der Waals surface area contributed by atoms with Crippen molar-refractivity contribution in [2.24, 2.45) is 0 Å². The molecule has 1 aliphatic heterocycles. The summed E-state index contributed by atoms with van der Waals surface area (Å²) >= 11 is 0. The Bertz CT molecular complexity index is 945. The summed E-state index contributed by atoms with van der Waals surface area (Å²) in [5, 5.41) is 16.7.